The van der Waals surface area contributed by atoms with Crippen LogP contribution in [0.25, 0.3) is 17.7 Å². The van der Waals surface area contributed by atoms with Crippen LogP contribution in [-0.4, -0.2) is 0 Å². The second-order valence-electron chi connectivity index (χ2n) is 9.78. The first kappa shape index (κ1) is 24.1. The molecule has 0 radical (unpaired) electrons. The van der Waals surface area contributed by atoms with E-state index in [1.165, 1.54) is 40.7 Å². The van der Waals surface area contributed by atoms with E-state index in [4.69, 9.17) is 0 Å². The Balaban J connectivity index is 0.000000142. The van der Waals surface area contributed by atoms with Crippen LogP contribution in [0.2, 0.25) is 0 Å². The average Bonchev–Trinajstić information content (AvgIpc) is 3.44. The zero-order valence-electron chi connectivity index (χ0n) is 21.0. The molecule has 7 rings (SSSR count). The Morgan fingerprint density at radius 2 is 1.03 bits per heavy atom. The molecular weight excluding hydrogens is 524 g/mol. The molecule has 0 amide bonds. The molecule has 2 unspecified atom stereocenters. The fraction of sp³-hybridized carbons (Fsp3) is 0.111. The van der Waals surface area contributed by atoms with Crippen molar-refractivity contribution in [2.24, 2.45) is 0 Å². The standard InChI is InChI=1S/C20H16.C16H14.Zr/c1-2-6-18-12-15(11-17(18)5-1)9-10-16-13-19-7-3-4-8-20(19)14-16;1-2-9-16(14-10-5-3-6-11-14)15-12-7-4-8-13-15;/h1-8,11-14H,9-10H2;2-13H,1H2;. The van der Waals surface area contributed by atoms with Gasteiger partial charge in [-0.1, -0.05) is 79.4 Å². The van der Waals surface area contributed by atoms with Gasteiger partial charge in [-0.3, -0.25) is 0 Å². The third kappa shape index (κ3) is 4.98. The van der Waals surface area contributed by atoms with Gasteiger partial charge in [0.25, 0.3) is 0 Å². The minimum atomic E-state index is -0.553. The minimum Gasteiger partial charge on any atom is -0.0990 e. The molecular formula is C36H30Zr. The molecule has 0 bridgehead atoms. The zero-order chi connectivity index (χ0) is 25.0. The van der Waals surface area contributed by atoms with Gasteiger partial charge >= 0.3 is 137 Å². The van der Waals surface area contributed by atoms with Gasteiger partial charge < -0.3 is 0 Å². The molecule has 2 atom stereocenters. The van der Waals surface area contributed by atoms with Gasteiger partial charge in [0.15, 0.2) is 0 Å². The van der Waals surface area contributed by atoms with Crippen LogP contribution in [0.3, 0.4) is 0 Å². The molecule has 0 N–H and O–H groups in total. The summed E-state index contributed by atoms with van der Waals surface area (Å²) in [5.41, 5.74) is 13.4. The molecule has 2 aliphatic carbocycles. The maximum absolute atomic E-state index is 3.78. The van der Waals surface area contributed by atoms with E-state index < -0.39 is 23.2 Å². The predicted molar refractivity (Wildman–Crippen MR) is 154 cm³/mol. The van der Waals surface area contributed by atoms with Crippen LogP contribution in [0.1, 0.15) is 53.5 Å². The maximum Gasteiger partial charge on any atom is -0.0112 e. The van der Waals surface area contributed by atoms with Crippen molar-refractivity contribution in [3.8, 4) is 0 Å². The molecule has 0 nitrogen and oxygen atoms in total. The summed E-state index contributed by atoms with van der Waals surface area (Å²) >= 11 is -0.553. The Kier molecular flexibility index (Phi) is 7.16. The molecule has 1 heteroatoms. The van der Waals surface area contributed by atoms with Crippen molar-refractivity contribution in [1.82, 2.24) is 0 Å². The molecule has 178 valence electrons. The predicted octanol–water partition coefficient (Wildman–Crippen LogP) is 9.44. The SMILES string of the molecule is C1=C2CCC3=Cc4ccccc4[CH]3[Zr][CH]2c2ccccc21.C=CC=C(c1ccccc1)c1ccccc1. The molecule has 1 heterocycles. The smallest absolute Gasteiger partial charge is 0.0112 e. The fourth-order valence-electron chi connectivity index (χ4n) is 5.77. The number of allylic oxidation sites excluding steroid dienone is 4. The fourth-order valence-corrected chi connectivity index (χ4v) is 10.9. The second kappa shape index (κ2) is 11.0. The third-order valence-corrected chi connectivity index (χ3v) is 12.5. The first-order chi connectivity index (χ1) is 18.3. The summed E-state index contributed by atoms with van der Waals surface area (Å²) in [4.78, 5) is 0. The largest absolute Gasteiger partial charge is 0.0990 e. The van der Waals surface area contributed by atoms with Gasteiger partial charge in [0.1, 0.15) is 0 Å². The van der Waals surface area contributed by atoms with Crippen molar-refractivity contribution in [3.05, 3.63) is 172 Å². The summed E-state index contributed by atoms with van der Waals surface area (Å²) in [5, 5.41) is 0. The Bertz CT molecular complexity index is 1400. The molecule has 1 saturated heterocycles. The zero-order valence-corrected chi connectivity index (χ0v) is 23.4. The summed E-state index contributed by atoms with van der Waals surface area (Å²) in [6.07, 6.45) is 11.4. The van der Waals surface area contributed by atoms with Gasteiger partial charge in [-0.25, -0.2) is 0 Å². The number of fused-ring (bicyclic) bond motifs is 6. The molecule has 3 aliphatic rings. The molecule has 4 aromatic carbocycles. The van der Waals surface area contributed by atoms with Gasteiger partial charge in [0.05, 0.1) is 0 Å². The van der Waals surface area contributed by atoms with Gasteiger partial charge in [0.2, 0.25) is 0 Å². The topological polar surface area (TPSA) is 0 Å². The molecule has 1 fully saturated rings. The van der Waals surface area contributed by atoms with Crippen molar-refractivity contribution >= 4 is 17.7 Å². The second-order valence-corrected chi connectivity index (χ2v) is 13.4. The summed E-state index contributed by atoms with van der Waals surface area (Å²) in [6, 6.07) is 38.9. The van der Waals surface area contributed by atoms with E-state index in [-0.39, 0.29) is 0 Å². The molecule has 0 saturated carbocycles. The molecule has 4 aromatic rings. The summed E-state index contributed by atoms with van der Waals surface area (Å²) in [7, 11) is 0. The van der Waals surface area contributed by atoms with Crippen molar-refractivity contribution in [2.45, 2.75) is 20.1 Å². The van der Waals surface area contributed by atoms with E-state index >= 15 is 0 Å². The summed E-state index contributed by atoms with van der Waals surface area (Å²) in [5.74, 6) is 0. The van der Waals surface area contributed by atoms with Crippen molar-refractivity contribution in [3.63, 3.8) is 0 Å². The first-order valence-corrected chi connectivity index (χ1v) is 15.9. The van der Waals surface area contributed by atoms with E-state index in [2.05, 4.69) is 116 Å². The number of hydrogen-bond donors (Lipinski definition) is 0. The summed E-state index contributed by atoms with van der Waals surface area (Å²) in [6.45, 7) is 3.78. The van der Waals surface area contributed by atoms with Crippen LogP contribution >= 0.6 is 0 Å². The van der Waals surface area contributed by atoms with Crippen molar-refractivity contribution in [2.75, 3.05) is 0 Å². The van der Waals surface area contributed by atoms with Crippen LogP contribution < -0.4 is 0 Å². The van der Waals surface area contributed by atoms with E-state index in [0.29, 0.717) is 0 Å². The van der Waals surface area contributed by atoms with Crippen LogP contribution in [0.15, 0.2) is 139 Å². The average molecular weight is 554 g/mol. The minimum absolute atomic E-state index is 0.553. The maximum atomic E-state index is 3.78. The van der Waals surface area contributed by atoms with Gasteiger partial charge in [-0.05, 0) is 16.7 Å². The molecule has 1 aliphatic heterocycles. The number of rotatable bonds is 3. The van der Waals surface area contributed by atoms with Gasteiger partial charge in [0, 0.05) is 0 Å². The third-order valence-electron chi connectivity index (χ3n) is 7.53. The van der Waals surface area contributed by atoms with Crippen molar-refractivity contribution in [1.29, 1.82) is 0 Å². The van der Waals surface area contributed by atoms with Gasteiger partial charge in [-0.15, -0.1) is 0 Å². The van der Waals surface area contributed by atoms with Crippen LogP contribution in [0.5, 0.6) is 0 Å². The summed E-state index contributed by atoms with van der Waals surface area (Å²) < 4.78 is 1.62. The van der Waals surface area contributed by atoms with Crippen LogP contribution in [0.4, 0.5) is 0 Å². The van der Waals surface area contributed by atoms with Crippen LogP contribution in [-0.2, 0) is 23.2 Å². The molecule has 0 spiro atoms. The van der Waals surface area contributed by atoms with Crippen LogP contribution in [0, 0.1) is 0 Å². The van der Waals surface area contributed by atoms with E-state index in [0.717, 1.165) is 7.25 Å². The van der Waals surface area contributed by atoms with Gasteiger partial charge in [-0.2, -0.15) is 0 Å². The quantitative estimate of drug-likeness (QED) is 0.222. The monoisotopic (exact) mass is 552 g/mol. The van der Waals surface area contributed by atoms with E-state index in [1.807, 2.05) is 24.3 Å². The normalized spacial score (nSPS) is 18.2. The Morgan fingerprint density at radius 1 is 0.595 bits per heavy atom. The number of hydrogen-bond acceptors (Lipinski definition) is 0. The number of benzene rings is 4. The first-order valence-electron chi connectivity index (χ1n) is 13.1. The molecule has 37 heavy (non-hydrogen) atoms. The molecule has 0 aromatic heterocycles. The Morgan fingerprint density at radius 3 is 1.49 bits per heavy atom. The van der Waals surface area contributed by atoms with Crippen molar-refractivity contribution < 1.29 is 23.2 Å². The van der Waals surface area contributed by atoms with E-state index in [9.17, 15) is 0 Å². The Hall–Kier alpha value is -3.28. The van der Waals surface area contributed by atoms with E-state index in [1.54, 1.807) is 22.3 Å². The Labute approximate surface area is 232 Å².